The largest absolute Gasteiger partial charge is 0.479 e. The maximum Gasteiger partial charge on any atom is 0.320 e. The molecular formula is C17H20N4O2S. The molecule has 2 aromatic rings. The number of urea groups is 1. The van der Waals surface area contributed by atoms with Crippen LogP contribution in [0.3, 0.4) is 0 Å². The molecule has 1 atom stereocenters. The van der Waals surface area contributed by atoms with Crippen molar-refractivity contribution in [1.29, 1.82) is 5.26 Å². The fourth-order valence-corrected chi connectivity index (χ4v) is 3.08. The molecule has 0 aliphatic carbocycles. The van der Waals surface area contributed by atoms with E-state index >= 15 is 0 Å². The second-order valence-electron chi connectivity index (χ2n) is 5.53. The van der Waals surface area contributed by atoms with Gasteiger partial charge in [-0.15, -0.1) is 11.3 Å². The van der Waals surface area contributed by atoms with Crippen LogP contribution in [0, 0.1) is 18.3 Å². The Labute approximate surface area is 145 Å². The van der Waals surface area contributed by atoms with Crippen molar-refractivity contribution in [3.63, 3.8) is 0 Å². The van der Waals surface area contributed by atoms with Gasteiger partial charge in [0.15, 0.2) is 6.61 Å². The highest BCUT2D eigenvalue weighted by Gasteiger charge is 2.29. The molecule has 0 fully saturated rings. The molecule has 1 heterocycles. The summed E-state index contributed by atoms with van der Waals surface area (Å²) in [5.74, 6) is 0.531. The maximum absolute atomic E-state index is 12.4. The average Bonchev–Trinajstić information content (AvgIpc) is 3.00. The Morgan fingerprint density at radius 1 is 1.50 bits per heavy atom. The topological polar surface area (TPSA) is 87.0 Å². The first-order valence-corrected chi connectivity index (χ1v) is 8.46. The van der Waals surface area contributed by atoms with Gasteiger partial charge in [-0.05, 0) is 32.4 Å². The number of amides is 2. The van der Waals surface area contributed by atoms with Crippen LogP contribution < -0.4 is 15.4 Å². The average molecular weight is 344 g/mol. The van der Waals surface area contributed by atoms with E-state index in [1.807, 2.05) is 32.2 Å². The number of nitrogens with zero attached hydrogens (tertiary/aromatic N) is 2. The number of benzene rings is 1. The summed E-state index contributed by atoms with van der Waals surface area (Å²) >= 11 is 1.54. The summed E-state index contributed by atoms with van der Waals surface area (Å²) < 4.78 is 5.23. The molecule has 1 unspecified atom stereocenters. The Balaban J connectivity index is 2.05. The summed E-state index contributed by atoms with van der Waals surface area (Å²) in [6.07, 6.45) is 0.721. The zero-order valence-electron chi connectivity index (χ0n) is 13.9. The van der Waals surface area contributed by atoms with Crippen LogP contribution in [0.15, 0.2) is 29.6 Å². The molecule has 0 radical (unpaired) electrons. The smallest absolute Gasteiger partial charge is 0.320 e. The number of ether oxygens (including phenoxy) is 1. The van der Waals surface area contributed by atoms with Crippen LogP contribution in [0.2, 0.25) is 0 Å². The normalized spacial score (nSPS) is 12.8. The third-order valence-corrected chi connectivity index (χ3v) is 4.81. The molecule has 0 saturated heterocycles. The summed E-state index contributed by atoms with van der Waals surface area (Å²) in [4.78, 5) is 16.8. The molecule has 1 aromatic carbocycles. The lowest BCUT2D eigenvalue weighted by molar-refractivity contribution is 0.237. The number of carbonyl (C=O) groups is 1. The van der Waals surface area contributed by atoms with E-state index in [9.17, 15) is 4.79 Å². The van der Waals surface area contributed by atoms with Crippen molar-refractivity contribution in [2.45, 2.75) is 32.7 Å². The molecule has 0 spiro atoms. The Morgan fingerprint density at radius 2 is 2.29 bits per heavy atom. The molecule has 2 rings (SSSR count). The molecule has 24 heavy (non-hydrogen) atoms. The molecule has 0 aliphatic heterocycles. The van der Waals surface area contributed by atoms with Gasteiger partial charge < -0.3 is 15.4 Å². The van der Waals surface area contributed by atoms with E-state index in [2.05, 4.69) is 15.6 Å². The number of aromatic nitrogens is 1. The Kier molecular flexibility index (Phi) is 5.77. The number of rotatable bonds is 6. The molecule has 0 aliphatic rings. The van der Waals surface area contributed by atoms with E-state index in [-0.39, 0.29) is 12.6 Å². The monoisotopic (exact) mass is 344 g/mol. The minimum absolute atomic E-state index is 0.0348. The number of thiazole rings is 1. The zero-order chi connectivity index (χ0) is 17.6. The molecule has 1 aromatic heterocycles. The van der Waals surface area contributed by atoms with Gasteiger partial charge in [0.25, 0.3) is 0 Å². The van der Waals surface area contributed by atoms with Crippen LogP contribution in [-0.2, 0) is 5.54 Å². The first-order valence-electron chi connectivity index (χ1n) is 7.58. The van der Waals surface area contributed by atoms with Crippen LogP contribution in [0.1, 0.15) is 31.0 Å². The van der Waals surface area contributed by atoms with Crippen molar-refractivity contribution in [2.24, 2.45) is 0 Å². The summed E-state index contributed by atoms with van der Waals surface area (Å²) in [6, 6.07) is 8.51. The minimum atomic E-state index is -0.530. The lowest BCUT2D eigenvalue weighted by Gasteiger charge is -2.27. The van der Waals surface area contributed by atoms with Crippen molar-refractivity contribution in [2.75, 3.05) is 11.9 Å². The van der Waals surface area contributed by atoms with E-state index in [1.54, 1.807) is 24.3 Å². The number of anilines is 1. The molecule has 7 heteroatoms. The second-order valence-corrected chi connectivity index (χ2v) is 6.39. The summed E-state index contributed by atoms with van der Waals surface area (Å²) in [7, 11) is 0. The van der Waals surface area contributed by atoms with Crippen LogP contribution in [0.25, 0.3) is 0 Å². The van der Waals surface area contributed by atoms with Gasteiger partial charge in [-0.25, -0.2) is 9.78 Å². The Hall–Kier alpha value is -2.59. The number of hydrogen-bond acceptors (Lipinski definition) is 5. The summed E-state index contributed by atoms with van der Waals surface area (Å²) in [5.41, 5.74) is 1.01. The zero-order valence-corrected chi connectivity index (χ0v) is 14.7. The van der Waals surface area contributed by atoms with Crippen LogP contribution >= 0.6 is 11.3 Å². The fraction of sp³-hybridized carbons (Fsp3) is 0.353. The molecule has 2 N–H and O–H groups in total. The standard InChI is InChI=1S/C17H20N4O2S/c1-4-17(3,15-19-12(2)11-24-15)21-16(22)20-13-6-5-7-14(10-13)23-9-8-18/h5-7,10-11H,4,9H2,1-3H3,(H2,20,21,22). The van der Waals surface area contributed by atoms with E-state index in [1.165, 1.54) is 11.3 Å². The van der Waals surface area contributed by atoms with E-state index in [0.717, 1.165) is 17.1 Å². The van der Waals surface area contributed by atoms with Gasteiger partial charge in [0.05, 0.1) is 5.54 Å². The van der Waals surface area contributed by atoms with Crippen molar-refractivity contribution < 1.29 is 9.53 Å². The van der Waals surface area contributed by atoms with E-state index < -0.39 is 5.54 Å². The van der Waals surface area contributed by atoms with Crippen LogP contribution in [0.5, 0.6) is 5.75 Å². The third-order valence-electron chi connectivity index (χ3n) is 3.58. The van der Waals surface area contributed by atoms with Crippen LogP contribution in [0.4, 0.5) is 10.5 Å². The molecular weight excluding hydrogens is 324 g/mol. The van der Waals surface area contributed by atoms with Crippen molar-refractivity contribution in [1.82, 2.24) is 10.3 Å². The number of carbonyl (C=O) groups excluding carboxylic acids is 1. The molecule has 0 saturated carbocycles. The summed E-state index contributed by atoms with van der Waals surface area (Å²) in [6.45, 7) is 5.86. The van der Waals surface area contributed by atoms with Gasteiger partial charge in [-0.3, -0.25) is 0 Å². The van der Waals surface area contributed by atoms with Gasteiger partial charge >= 0.3 is 6.03 Å². The van der Waals surface area contributed by atoms with Gasteiger partial charge in [0.1, 0.15) is 16.8 Å². The van der Waals surface area contributed by atoms with Crippen molar-refractivity contribution in [3.05, 3.63) is 40.3 Å². The highest BCUT2D eigenvalue weighted by Crippen LogP contribution is 2.27. The number of hydrogen-bond donors (Lipinski definition) is 2. The first-order chi connectivity index (χ1) is 11.5. The molecule has 6 nitrogen and oxygen atoms in total. The third kappa shape index (κ3) is 4.46. The van der Waals surface area contributed by atoms with Gasteiger partial charge in [0, 0.05) is 22.8 Å². The molecule has 0 bridgehead atoms. The number of nitrogens with one attached hydrogen (secondary N) is 2. The highest BCUT2D eigenvalue weighted by molar-refractivity contribution is 7.09. The van der Waals surface area contributed by atoms with Gasteiger partial charge in [-0.1, -0.05) is 13.0 Å². The lowest BCUT2D eigenvalue weighted by atomic mass is 10.0. The lowest BCUT2D eigenvalue weighted by Crippen LogP contribution is -2.45. The highest BCUT2D eigenvalue weighted by atomic mass is 32.1. The maximum atomic E-state index is 12.4. The number of aryl methyl sites for hydroxylation is 1. The SMILES string of the molecule is CCC(C)(NC(=O)Nc1cccc(OCC#N)c1)c1nc(C)cs1. The molecule has 2 amide bonds. The Morgan fingerprint density at radius 3 is 2.92 bits per heavy atom. The fourth-order valence-electron chi connectivity index (χ4n) is 2.09. The molecule has 126 valence electrons. The van der Waals surface area contributed by atoms with Crippen LogP contribution in [-0.4, -0.2) is 17.6 Å². The van der Waals surface area contributed by atoms with Crippen molar-refractivity contribution >= 4 is 23.1 Å². The van der Waals surface area contributed by atoms with Gasteiger partial charge in [-0.2, -0.15) is 5.26 Å². The predicted molar refractivity (Wildman–Crippen MR) is 94.2 cm³/mol. The quantitative estimate of drug-likeness (QED) is 0.834. The minimum Gasteiger partial charge on any atom is -0.479 e. The Bertz CT molecular complexity index is 753. The van der Waals surface area contributed by atoms with Crippen molar-refractivity contribution in [3.8, 4) is 11.8 Å². The van der Waals surface area contributed by atoms with E-state index in [0.29, 0.717) is 11.4 Å². The number of nitriles is 1. The second kappa shape index (κ2) is 7.79. The predicted octanol–water partition coefficient (Wildman–Crippen LogP) is 3.80. The first kappa shape index (κ1) is 17.8. The summed E-state index contributed by atoms with van der Waals surface area (Å²) in [5, 5.41) is 17.2. The van der Waals surface area contributed by atoms with E-state index in [4.69, 9.17) is 10.00 Å². The van der Waals surface area contributed by atoms with Gasteiger partial charge in [0.2, 0.25) is 0 Å².